The van der Waals surface area contributed by atoms with Crippen LogP contribution in [0.25, 0.3) is 5.76 Å². The van der Waals surface area contributed by atoms with Crippen LogP contribution in [0.2, 0.25) is 0 Å². The number of amides is 1. The van der Waals surface area contributed by atoms with Crippen LogP contribution < -0.4 is 10.1 Å². The maximum atomic E-state index is 12.4. The van der Waals surface area contributed by atoms with Gasteiger partial charge in [0.1, 0.15) is 22.0 Å². The SMILES string of the molecule is CC(=O)O.CC(=O)Oc1ccccc1C(=O)O.CN1C(C(=O)Nc2ccccn2)=C(O)c2sccc2S1(=O)=O. The van der Waals surface area contributed by atoms with E-state index in [1.54, 1.807) is 35.7 Å². The molecular formula is C24H23N3O10S2. The lowest BCUT2D eigenvalue weighted by molar-refractivity contribution is -0.134. The van der Waals surface area contributed by atoms with Crippen LogP contribution in [-0.2, 0) is 24.4 Å². The van der Waals surface area contributed by atoms with Crippen LogP contribution in [0.3, 0.4) is 0 Å². The van der Waals surface area contributed by atoms with E-state index >= 15 is 0 Å². The average Bonchev–Trinajstić information content (AvgIpc) is 3.35. The van der Waals surface area contributed by atoms with Crippen molar-refractivity contribution in [3.8, 4) is 5.75 Å². The van der Waals surface area contributed by atoms with Gasteiger partial charge in [-0.3, -0.25) is 18.7 Å². The predicted molar refractivity (Wildman–Crippen MR) is 140 cm³/mol. The number of rotatable bonds is 4. The lowest BCUT2D eigenvalue weighted by atomic mass is 10.2. The standard InChI is InChI=1S/C13H11N3O4S2.C9H8O4.C2H4O2/c1-16-10(13(18)15-9-4-2-3-6-14-9)11(17)12-8(5-7-21-12)22(16,19)20;1-6(10)13-8-5-3-2-4-7(8)9(11)12;1-2(3)4/h2-7,17H,1H3,(H,14,15,18);2-5H,1H3,(H,11,12);1H3,(H,3,4). The Labute approximate surface area is 226 Å². The van der Waals surface area contributed by atoms with Gasteiger partial charge < -0.3 is 25.4 Å². The van der Waals surface area contributed by atoms with Gasteiger partial charge in [-0.15, -0.1) is 11.3 Å². The Morgan fingerprint density at radius 3 is 2.18 bits per heavy atom. The molecule has 0 unspecified atom stereocenters. The Morgan fingerprint density at radius 1 is 1.00 bits per heavy atom. The van der Waals surface area contributed by atoms with Crippen LogP contribution in [-0.4, -0.2) is 63.9 Å². The Bertz CT molecular complexity index is 1510. The number of carbonyl (C=O) groups excluding carboxylic acids is 2. The Hall–Kier alpha value is -4.76. The number of nitrogens with one attached hydrogen (secondary N) is 1. The summed E-state index contributed by atoms with van der Waals surface area (Å²) in [6.45, 7) is 2.30. The molecule has 0 atom stereocenters. The lowest BCUT2D eigenvalue weighted by Gasteiger charge is -2.26. The Balaban J connectivity index is 0.000000266. The highest BCUT2D eigenvalue weighted by atomic mass is 32.2. The van der Waals surface area contributed by atoms with E-state index in [-0.39, 0.29) is 38.4 Å². The van der Waals surface area contributed by atoms with Gasteiger partial charge in [-0.05, 0) is 35.7 Å². The molecule has 4 rings (SSSR count). The first-order chi connectivity index (χ1) is 18.3. The van der Waals surface area contributed by atoms with Gasteiger partial charge in [0.05, 0.1) is 4.88 Å². The number of fused-ring (bicyclic) bond motifs is 1. The highest BCUT2D eigenvalue weighted by Gasteiger charge is 2.38. The number of para-hydroxylation sites is 1. The van der Waals surface area contributed by atoms with Crippen LogP contribution in [0.5, 0.6) is 5.75 Å². The van der Waals surface area contributed by atoms with Crippen LogP contribution in [0.4, 0.5) is 5.82 Å². The zero-order valence-corrected chi connectivity index (χ0v) is 22.3. The number of ether oxygens (including phenoxy) is 1. The van der Waals surface area contributed by atoms with E-state index < -0.39 is 33.8 Å². The molecule has 0 bridgehead atoms. The highest BCUT2D eigenvalue weighted by molar-refractivity contribution is 7.89. The van der Waals surface area contributed by atoms with E-state index in [4.69, 9.17) is 15.0 Å². The van der Waals surface area contributed by atoms with Crippen LogP contribution >= 0.6 is 11.3 Å². The van der Waals surface area contributed by atoms with Gasteiger partial charge in [0, 0.05) is 27.1 Å². The molecule has 1 aliphatic heterocycles. The van der Waals surface area contributed by atoms with Gasteiger partial charge >= 0.3 is 11.9 Å². The van der Waals surface area contributed by atoms with Crippen molar-refractivity contribution in [3.63, 3.8) is 0 Å². The molecule has 0 spiro atoms. The van der Waals surface area contributed by atoms with Crippen molar-refractivity contribution in [1.82, 2.24) is 9.29 Å². The zero-order valence-electron chi connectivity index (χ0n) is 20.7. The summed E-state index contributed by atoms with van der Waals surface area (Å²) < 4.78 is 30.2. The third-order valence-electron chi connectivity index (χ3n) is 4.51. The number of hydrogen-bond donors (Lipinski definition) is 4. The van der Waals surface area contributed by atoms with Crippen LogP contribution in [0.15, 0.2) is 70.7 Å². The van der Waals surface area contributed by atoms with Gasteiger partial charge in [0.25, 0.3) is 21.9 Å². The number of aliphatic carboxylic acids is 1. The molecule has 1 aromatic carbocycles. The number of nitrogens with zero attached hydrogens (tertiary/aromatic N) is 2. The molecule has 0 aliphatic carbocycles. The smallest absolute Gasteiger partial charge is 0.339 e. The van der Waals surface area contributed by atoms with Crippen molar-refractivity contribution in [1.29, 1.82) is 0 Å². The Morgan fingerprint density at radius 2 is 1.62 bits per heavy atom. The van der Waals surface area contributed by atoms with E-state index in [0.29, 0.717) is 0 Å². The molecule has 0 fully saturated rings. The second kappa shape index (κ2) is 13.2. The van der Waals surface area contributed by atoms with Gasteiger partial charge in [-0.1, -0.05) is 18.2 Å². The second-order valence-electron chi connectivity index (χ2n) is 7.37. The molecule has 15 heteroatoms. The minimum Gasteiger partial charge on any atom is -0.504 e. The van der Waals surface area contributed by atoms with Gasteiger partial charge in [0.2, 0.25) is 0 Å². The summed E-state index contributed by atoms with van der Waals surface area (Å²) in [7, 11) is -2.63. The summed E-state index contributed by atoms with van der Waals surface area (Å²) in [5.74, 6) is -3.26. The first-order valence-corrected chi connectivity index (χ1v) is 13.0. The van der Waals surface area contributed by atoms with Crippen molar-refractivity contribution < 1.29 is 47.7 Å². The number of carbonyl (C=O) groups is 4. The molecule has 206 valence electrons. The number of aliphatic hydroxyl groups is 1. The van der Waals surface area contributed by atoms with E-state index in [9.17, 15) is 27.9 Å². The van der Waals surface area contributed by atoms with E-state index in [1.165, 1.54) is 38.4 Å². The molecule has 39 heavy (non-hydrogen) atoms. The number of carboxylic acids is 2. The van der Waals surface area contributed by atoms with Crippen LogP contribution in [0.1, 0.15) is 29.1 Å². The van der Waals surface area contributed by atoms with Crippen LogP contribution in [0, 0.1) is 0 Å². The quantitative estimate of drug-likeness (QED) is 0.262. The molecule has 0 radical (unpaired) electrons. The second-order valence-corrected chi connectivity index (χ2v) is 10.2. The number of aromatic nitrogens is 1. The minimum absolute atomic E-state index is 0.00751. The van der Waals surface area contributed by atoms with E-state index in [1.807, 2.05) is 0 Å². The van der Waals surface area contributed by atoms with Gasteiger partial charge in [-0.25, -0.2) is 18.2 Å². The number of aliphatic hydroxyl groups excluding tert-OH is 1. The van der Waals surface area contributed by atoms with E-state index in [2.05, 4.69) is 15.0 Å². The number of aromatic carboxylic acids is 1. The normalized spacial score (nSPS) is 12.9. The van der Waals surface area contributed by atoms with Gasteiger partial charge in [-0.2, -0.15) is 0 Å². The lowest BCUT2D eigenvalue weighted by Crippen LogP contribution is -2.36. The number of benzene rings is 1. The predicted octanol–water partition coefficient (Wildman–Crippen LogP) is 3.04. The third-order valence-corrected chi connectivity index (χ3v) is 7.36. The maximum Gasteiger partial charge on any atom is 0.339 e. The average molecular weight is 578 g/mol. The van der Waals surface area contributed by atoms with E-state index in [0.717, 1.165) is 22.6 Å². The molecule has 0 saturated heterocycles. The summed E-state index contributed by atoms with van der Waals surface area (Å²) in [6, 6.07) is 12.3. The van der Waals surface area contributed by atoms with Crippen molar-refractivity contribution in [2.75, 3.05) is 12.4 Å². The molecule has 3 heterocycles. The first kappa shape index (κ1) is 30.5. The Kier molecular flexibility index (Phi) is 10.3. The summed E-state index contributed by atoms with van der Waals surface area (Å²) in [5.41, 5.74) is -0.349. The minimum atomic E-state index is -3.85. The monoisotopic (exact) mass is 577 g/mol. The number of pyridine rings is 1. The highest BCUT2D eigenvalue weighted by Crippen LogP contribution is 2.38. The van der Waals surface area contributed by atoms with Crippen molar-refractivity contribution in [2.45, 2.75) is 18.7 Å². The largest absolute Gasteiger partial charge is 0.504 e. The fourth-order valence-electron chi connectivity index (χ4n) is 2.95. The summed E-state index contributed by atoms with van der Waals surface area (Å²) >= 11 is 1.06. The van der Waals surface area contributed by atoms with Crippen molar-refractivity contribution in [3.05, 3.63) is 76.2 Å². The number of carboxylic acid groups (broad SMARTS) is 2. The zero-order chi connectivity index (χ0) is 29.3. The number of sulfonamides is 1. The topological polar surface area (TPSA) is 200 Å². The van der Waals surface area contributed by atoms with Gasteiger partial charge in [0.15, 0.2) is 11.5 Å². The molecule has 1 aliphatic rings. The fraction of sp³-hybridized carbons (Fsp3) is 0.125. The molecule has 0 saturated carbocycles. The molecule has 3 aromatic rings. The molecule has 4 N–H and O–H groups in total. The molecule has 2 aromatic heterocycles. The maximum absolute atomic E-state index is 12.4. The number of esters is 1. The summed E-state index contributed by atoms with van der Waals surface area (Å²) in [6.07, 6.45) is 1.49. The van der Waals surface area contributed by atoms with Crippen molar-refractivity contribution in [2.24, 2.45) is 0 Å². The van der Waals surface area contributed by atoms with Crippen molar-refractivity contribution >= 4 is 56.8 Å². The molecular weight excluding hydrogens is 554 g/mol. The summed E-state index contributed by atoms with van der Waals surface area (Å²) in [4.78, 5) is 46.6. The fourth-order valence-corrected chi connectivity index (χ4v) is 5.50. The molecule has 1 amide bonds. The first-order valence-electron chi connectivity index (χ1n) is 10.7. The summed E-state index contributed by atoms with van der Waals surface area (Å²) in [5, 5.41) is 30.4. The molecule has 13 nitrogen and oxygen atoms in total. The third kappa shape index (κ3) is 7.86. The number of anilines is 1. The number of likely N-dealkylation sites (N-methyl/N-ethyl adjacent to an activating group) is 1. The number of hydrogen-bond acceptors (Lipinski definition) is 10. The number of thiophene rings is 1.